The Bertz CT molecular complexity index is 862. The monoisotopic (exact) mass is 447 g/mol. The number of carbonyl (C=O) groups is 1. The molecule has 1 fully saturated rings. The molecule has 0 aromatic carbocycles. The van der Waals surface area contributed by atoms with E-state index in [0.717, 1.165) is 19.3 Å². The Kier molecular flexibility index (Phi) is 5.68. The summed E-state index contributed by atoms with van der Waals surface area (Å²) in [6.45, 7) is 2.19. The maximum Gasteiger partial charge on any atom is 0.332 e. The molecule has 1 aliphatic heterocycles. The number of allylic oxidation sites excluding steroid dienone is 2. The number of halogens is 1. The zero-order valence-corrected chi connectivity index (χ0v) is 16.9. The molecule has 11 heteroatoms. The molecule has 26 heavy (non-hydrogen) atoms. The molecule has 0 amide bonds. The molecule has 2 heterocycles. The van der Waals surface area contributed by atoms with E-state index in [1.54, 1.807) is 11.9 Å². The summed E-state index contributed by atoms with van der Waals surface area (Å²) in [7, 11) is -3.39. The van der Waals surface area contributed by atoms with E-state index in [2.05, 4.69) is 21.2 Å². The largest absolute Gasteiger partial charge is 0.379 e. The van der Waals surface area contributed by atoms with Crippen molar-refractivity contribution in [2.24, 2.45) is 5.92 Å². The van der Waals surface area contributed by atoms with Gasteiger partial charge in [0.15, 0.2) is 0 Å². The van der Waals surface area contributed by atoms with Gasteiger partial charge < -0.3 is 4.52 Å². The van der Waals surface area contributed by atoms with Crippen LogP contribution in [0.5, 0.6) is 0 Å². The van der Waals surface area contributed by atoms with Gasteiger partial charge in [-0.15, -0.1) is 0 Å². The summed E-state index contributed by atoms with van der Waals surface area (Å²) in [6.07, 6.45) is 6.57. The van der Waals surface area contributed by atoms with Crippen LogP contribution in [0.25, 0.3) is 0 Å². The van der Waals surface area contributed by atoms with Crippen molar-refractivity contribution in [2.45, 2.75) is 32.2 Å². The molecule has 0 bridgehead atoms. The fraction of sp³-hybridized carbons (Fsp3) is 0.667. The first-order valence-corrected chi connectivity index (χ1v) is 11.0. The van der Waals surface area contributed by atoms with Crippen molar-refractivity contribution in [3.8, 4) is 0 Å². The first kappa shape index (κ1) is 19.3. The number of rotatable bonds is 5. The Balaban J connectivity index is 1.94. The van der Waals surface area contributed by atoms with Gasteiger partial charge in [0, 0.05) is 41.5 Å². The highest BCUT2D eigenvalue weighted by molar-refractivity contribution is 9.10. The average Bonchev–Trinajstić information content (AvgIpc) is 3.00. The summed E-state index contributed by atoms with van der Waals surface area (Å²) >= 11 is 3.25. The highest BCUT2D eigenvalue weighted by atomic mass is 79.9. The van der Waals surface area contributed by atoms with E-state index in [9.17, 15) is 13.2 Å². The van der Waals surface area contributed by atoms with Crippen LogP contribution in [-0.4, -0.2) is 49.9 Å². The third-order valence-corrected chi connectivity index (χ3v) is 7.36. The van der Waals surface area contributed by atoms with E-state index in [4.69, 9.17) is 9.93 Å². The molecule has 1 aromatic rings. The number of hydrogen-bond acceptors (Lipinski definition) is 6. The second-order valence-electron chi connectivity index (χ2n) is 6.39. The topological polar surface area (TPSA) is 113 Å². The average molecular weight is 448 g/mol. The molecule has 0 radical (unpaired) electrons. The normalized spacial score (nSPS) is 24.8. The summed E-state index contributed by atoms with van der Waals surface area (Å²) in [6, 6.07) is -0.691. The molecule has 1 N–H and O–H groups in total. The highest BCUT2D eigenvalue weighted by Crippen LogP contribution is 2.22. The molecule has 0 spiro atoms. The molecular weight excluding hydrogens is 426 g/mol. The van der Waals surface area contributed by atoms with E-state index in [0.29, 0.717) is 4.60 Å². The number of carbonyl (C=O) groups excluding carboxylic acids is 1. The van der Waals surface area contributed by atoms with Gasteiger partial charge in [-0.1, -0.05) is 16.9 Å². The molecule has 144 valence electrons. The smallest absolute Gasteiger partial charge is 0.332 e. The van der Waals surface area contributed by atoms with Crippen molar-refractivity contribution in [2.75, 3.05) is 30.4 Å². The second-order valence-corrected chi connectivity index (χ2v) is 9.40. The van der Waals surface area contributed by atoms with Crippen molar-refractivity contribution >= 4 is 31.7 Å². The lowest BCUT2D eigenvalue weighted by atomic mass is 9.88. The minimum Gasteiger partial charge on any atom is -0.379 e. The summed E-state index contributed by atoms with van der Waals surface area (Å²) in [5.74, 6) is -0.275. The summed E-state index contributed by atoms with van der Waals surface area (Å²) in [5.41, 5.74) is -0.155. The van der Waals surface area contributed by atoms with Gasteiger partial charge >= 0.3 is 10.2 Å². The Morgan fingerprint density at radius 3 is 2.85 bits per heavy atom. The quantitative estimate of drug-likeness (QED) is 0.488. The van der Waals surface area contributed by atoms with Crippen LogP contribution in [0.1, 0.15) is 26.2 Å². The van der Waals surface area contributed by atoms with E-state index in [-0.39, 0.29) is 42.6 Å². The Morgan fingerprint density at radius 2 is 2.27 bits per heavy atom. The minimum atomic E-state index is -3.39. The first-order chi connectivity index (χ1) is 12.3. The van der Waals surface area contributed by atoms with E-state index < -0.39 is 16.1 Å². The molecule has 2 atom stereocenters. The zero-order valence-electron chi connectivity index (χ0n) is 14.5. The number of nitrogens with one attached hydrogen (secondary N) is 1. The third kappa shape index (κ3) is 3.65. The van der Waals surface area contributed by atoms with Gasteiger partial charge in [0.25, 0.3) is 0 Å². The zero-order chi connectivity index (χ0) is 18.9. The molecule has 1 aliphatic carbocycles. The van der Waals surface area contributed by atoms with Gasteiger partial charge in [0.1, 0.15) is 5.78 Å². The lowest BCUT2D eigenvalue weighted by molar-refractivity contribution is -0.775. The molecule has 9 nitrogen and oxygen atoms in total. The van der Waals surface area contributed by atoms with E-state index in [1.165, 1.54) is 9.10 Å². The third-order valence-electron chi connectivity index (χ3n) is 4.84. The molecule has 0 saturated carbocycles. The summed E-state index contributed by atoms with van der Waals surface area (Å²) < 4.78 is 31.2. The maximum absolute atomic E-state index is 13.2. The fourth-order valence-electron chi connectivity index (χ4n) is 3.35. The molecular formula is C15H22BrN5O4S. The predicted molar refractivity (Wildman–Crippen MR) is 95.2 cm³/mol. The number of nitrogens with zero attached hydrogens (tertiary/aromatic N) is 4. The first-order valence-electron chi connectivity index (χ1n) is 8.59. The van der Waals surface area contributed by atoms with Crippen molar-refractivity contribution < 1.29 is 22.5 Å². The number of piperazine rings is 1. The predicted octanol–water partition coefficient (Wildman–Crippen LogP) is -0.336. The van der Waals surface area contributed by atoms with E-state index in [1.807, 2.05) is 12.2 Å². The molecule has 1 aromatic heterocycles. The fourth-order valence-corrected chi connectivity index (χ4v) is 4.78. The maximum atomic E-state index is 13.2. The Hall–Kier alpha value is -1.46. The van der Waals surface area contributed by atoms with Crippen molar-refractivity contribution in [1.29, 1.82) is 5.41 Å². The van der Waals surface area contributed by atoms with Gasteiger partial charge in [-0.05, 0) is 31.5 Å². The number of ketones is 1. The highest BCUT2D eigenvalue weighted by Gasteiger charge is 2.39. The van der Waals surface area contributed by atoms with Crippen LogP contribution in [0.3, 0.4) is 0 Å². The standard InChI is InChI=1S/C15H22BrN5O4S/c1-2-26(23,24)19-8-9-20(21-14(16)15(17)25-18-21)12(10-19)13(22)11-6-4-3-5-7-11/h4,6,11-12,17H,2-3,5,7-10H2,1H3. The van der Waals surface area contributed by atoms with Crippen LogP contribution in [0.15, 0.2) is 21.3 Å². The second kappa shape index (κ2) is 7.65. The van der Waals surface area contributed by atoms with Crippen LogP contribution in [0.4, 0.5) is 0 Å². The van der Waals surface area contributed by atoms with Crippen LogP contribution in [0.2, 0.25) is 0 Å². The number of sulfonamides is 1. The molecule has 1 saturated heterocycles. The number of aromatic nitrogens is 2. The Labute approximate surface area is 160 Å². The van der Waals surface area contributed by atoms with Crippen LogP contribution < -0.4 is 20.6 Å². The van der Waals surface area contributed by atoms with Crippen molar-refractivity contribution in [1.82, 2.24) is 9.58 Å². The van der Waals surface area contributed by atoms with Gasteiger partial charge in [0.05, 0.1) is 11.8 Å². The van der Waals surface area contributed by atoms with E-state index >= 15 is 0 Å². The van der Waals surface area contributed by atoms with Crippen LogP contribution >= 0.6 is 15.9 Å². The lowest BCUT2D eigenvalue weighted by Gasteiger charge is -2.41. The molecule has 3 rings (SSSR count). The minimum absolute atomic E-state index is 0.00505. The molecule has 2 unspecified atom stereocenters. The van der Waals surface area contributed by atoms with Crippen molar-refractivity contribution in [3.05, 3.63) is 22.3 Å². The van der Waals surface area contributed by atoms with Crippen molar-refractivity contribution in [3.63, 3.8) is 0 Å². The van der Waals surface area contributed by atoms with Gasteiger partial charge in [-0.2, -0.15) is 0 Å². The van der Waals surface area contributed by atoms with Gasteiger partial charge in [0.2, 0.25) is 10.0 Å². The van der Waals surface area contributed by atoms with Crippen LogP contribution in [-0.2, 0) is 14.8 Å². The lowest BCUT2D eigenvalue weighted by Crippen LogP contribution is -2.74. The molecule has 2 aliphatic rings. The SMILES string of the molecule is CCS(=O)(=O)N1CCN([n+]2[n-]oc(=N)c2Br)C(C(=O)C2C=CCCC2)C1. The van der Waals surface area contributed by atoms with Gasteiger partial charge in [-0.3, -0.25) is 15.2 Å². The van der Waals surface area contributed by atoms with Gasteiger partial charge in [-0.25, -0.2) is 12.7 Å². The number of hydrogen-bond donors (Lipinski definition) is 1. The van der Waals surface area contributed by atoms with Crippen LogP contribution in [0, 0.1) is 11.3 Å². The summed E-state index contributed by atoms with van der Waals surface area (Å²) in [4.78, 5) is 14.5. The Morgan fingerprint density at radius 1 is 1.50 bits per heavy atom. The summed E-state index contributed by atoms with van der Waals surface area (Å²) in [5, 5.41) is 13.2. The number of Topliss-reactive ketones (excluding diaryl/α,β-unsaturated/α-hetero) is 1.